The molecule has 0 aliphatic carbocycles. The second-order valence-electron chi connectivity index (χ2n) is 14.2. The molecule has 2 fully saturated rings. The topological polar surface area (TPSA) is 143 Å². The lowest BCUT2D eigenvalue weighted by atomic mass is 10.00. The van der Waals surface area contributed by atoms with Crippen molar-refractivity contribution in [2.24, 2.45) is 0 Å². The molecule has 294 valence electrons. The first-order valence-corrected chi connectivity index (χ1v) is 19.4. The first-order chi connectivity index (χ1) is 26.7. The highest BCUT2D eigenvalue weighted by molar-refractivity contribution is 5.92. The van der Waals surface area contributed by atoms with Gasteiger partial charge in [0.25, 0.3) is 0 Å². The number of anilines is 1. The van der Waals surface area contributed by atoms with E-state index in [0.29, 0.717) is 44.8 Å². The van der Waals surface area contributed by atoms with Gasteiger partial charge in [0.2, 0.25) is 17.7 Å². The van der Waals surface area contributed by atoms with E-state index < -0.39 is 0 Å². The van der Waals surface area contributed by atoms with Crippen molar-refractivity contribution in [1.29, 1.82) is 0 Å². The van der Waals surface area contributed by atoms with Crippen molar-refractivity contribution >= 4 is 34.4 Å². The zero-order chi connectivity index (χ0) is 38.7. The molecule has 0 saturated carbocycles. The average Bonchev–Trinajstić information content (AvgIpc) is 3.46. The Balaban J connectivity index is 0.997. The fraction of sp³-hybridized carbons (Fsp3) is 0.488. The Morgan fingerprint density at radius 2 is 1.73 bits per heavy atom. The van der Waals surface area contributed by atoms with E-state index in [1.54, 1.807) is 19.1 Å². The largest absolute Gasteiger partial charge is 0.381 e. The molecule has 0 unspecified atom stereocenters. The number of carbonyl (C=O) groups is 3. The molecule has 2 saturated heterocycles. The minimum Gasteiger partial charge on any atom is -0.381 e. The van der Waals surface area contributed by atoms with Crippen LogP contribution >= 0.6 is 0 Å². The number of nitrogens with zero attached hydrogens (tertiary/aromatic N) is 5. The average molecular weight is 757 g/mol. The Morgan fingerprint density at radius 3 is 2.47 bits per heavy atom. The lowest BCUT2D eigenvalue weighted by Gasteiger charge is -2.26. The summed E-state index contributed by atoms with van der Waals surface area (Å²) >= 11 is 0. The van der Waals surface area contributed by atoms with Crippen molar-refractivity contribution in [2.75, 3.05) is 57.9 Å². The van der Waals surface area contributed by atoms with Crippen LogP contribution < -0.4 is 16.0 Å². The number of halogens is 1. The molecule has 4 aromatic rings. The molecule has 4 heterocycles. The van der Waals surface area contributed by atoms with Gasteiger partial charge in [-0.3, -0.25) is 19.3 Å². The van der Waals surface area contributed by atoms with Gasteiger partial charge in [0, 0.05) is 95.4 Å². The summed E-state index contributed by atoms with van der Waals surface area (Å²) in [4.78, 5) is 46.5. The highest BCUT2D eigenvalue weighted by Crippen LogP contribution is 2.31. The van der Waals surface area contributed by atoms with Crippen LogP contribution in [0.4, 0.5) is 10.1 Å². The third-order valence-corrected chi connectivity index (χ3v) is 10.3. The number of aryl methyl sites for hydroxylation is 2. The van der Waals surface area contributed by atoms with E-state index in [2.05, 4.69) is 25.9 Å². The van der Waals surface area contributed by atoms with Gasteiger partial charge in [0.05, 0.1) is 17.3 Å². The van der Waals surface area contributed by atoms with Gasteiger partial charge in [-0.05, 0) is 67.5 Å². The van der Waals surface area contributed by atoms with E-state index in [9.17, 15) is 14.4 Å². The van der Waals surface area contributed by atoms with Crippen molar-refractivity contribution in [1.82, 2.24) is 35.2 Å². The lowest BCUT2D eigenvalue weighted by molar-refractivity contribution is -0.131. The van der Waals surface area contributed by atoms with Crippen LogP contribution in [-0.4, -0.2) is 101 Å². The molecule has 3 amide bonds. The number of ether oxygens (including phenoxy) is 2. The highest BCUT2D eigenvalue weighted by atomic mass is 19.1. The molecule has 0 radical (unpaired) electrons. The van der Waals surface area contributed by atoms with E-state index in [0.717, 1.165) is 83.6 Å². The Morgan fingerprint density at radius 1 is 0.945 bits per heavy atom. The number of fused-ring (bicyclic) bond motifs is 1. The van der Waals surface area contributed by atoms with E-state index >= 15 is 4.39 Å². The molecule has 0 bridgehead atoms. The maximum Gasteiger partial charge on any atom is 0.246 e. The molecule has 0 atom stereocenters. The summed E-state index contributed by atoms with van der Waals surface area (Å²) in [6.45, 7) is 11.5. The summed E-state index contributed by atoms with van der Waals surface area (Å²) in [6, 6.07) is 12.9. The highest BCUT2D eigenvalue weighted by Gasteiger charge is 2.22. The molecule has 0 spiro atoms. The van der Waals surface area contributed by atoms with Crippen LogP contribution in [0.3, 0.4) is 0 Å². The van der Waals surface area contributed by atoms with E-state index in [1.165, 1.54) is 6.07 Å². The number of amides is 3. The van der Waals surface area contributed by atoms with Crippen LogP contribution in [-0.2, 0) is 56.5 Å². The molecule has 13 nitrogen and oxygen atoms in total. The predicted molar refractivity (Wildman–Crippen MR) is 209 cm³/mol. The molecule has 2 aromatic heterocycles. The molecule has 14 heteroatoms. The van der Waals surface area contributed by atoms with Crippen LogP contribution in [0.5, 0.6) is 0 Å². The van der Waals surface area contributed by atoms with Crippen molar-refractivity contribution in [3.8, 4) is 11.1 Å². The van der Waals surface area contributed by atoms with Crippen LogP contribution in [0.2, 0.25) is 0 Å². The van der Waals surface area contributed by atoms with Crippen LogP contribution in [0, 0.1) is 5.82 Å². The smallest absolute Gasteiger partial charge is 0.246 e. The zero-order valence-electron chi connectivity index (χ0n) is 32.2. The van der Waals surface area contributed by atoms with Crippen molar-refractivity contribution in [3.05, 3.63) is 76.9 Å². The van der Waals surface area contributed by atoms with Gasteiger partial charge < -0.3 is 30.3 Å². The van der Waals surface area contributed by atoms with Gasteiger partial charge in [0.15, 0.2) is 5.65 Å². The van der Waals surface area contributed by atoms with Crippen molar-refractivity contribution in [3.63, 3.8) is 0 Å². The van der Waals surface area contributed by atoms with Crippen molar-refractivity contribution < 1.29 is 28.2 Å². The van der Waals surface area contributed by atoms with Gasteiger partial charge in [-0.25, -0.2) is 14.1 Å². The number of carbonyl (C=O) groups excluding carboxylic acids is 3. The molecule has 6 rings (SSSR count). The standard InChI is InChI=1S/C41H53FN8O5/c1-4-37-34(40(46-32-12-18-54-19-13-32)35-24-45-50(5-2)41(35)47-37)23-44-39(53)27-55-26-38(52)43-22-29-10-11-36(42)33(21-29)31-9-6-8-30(20-31)25-48-14-7-15-49(17-16-48)28(3)51/h6,8-11,20-21,24,32H,4-5,7,12-19,22-23,25-27H2,1-3H3,(H,43,52)(H,44,53)(H,46,47). The third kappa shape index (κ3) is 10.4. The van der Waals surface area contributed by atoms with Crippen molar-refractivity contribution in [2.45, 2.75) is 78.7 Å². The fourth-order valence-corrected chi connectivity index (χ4v) is 7.27. The van der Waals surface area contributed by atoms with Gasteiger partial charge in [-0.15, -0.1) is 0 Å². The monoisotopic (exact) mass is 756 g/mol. The predicted octanol–water partition coefficient (Wildman–Crippen LogP) is 4.41. The SMILES string of the molecule is CCc1nc2c(cnn2CC)c(NC2CCOCC2)c1CNC(=O)COCC(=O)NCc1ccc(F)c(-c2cccc(CN3CCCN(C(C)=O)CC3)c2)c1. The van der Waals surface area contributed by atoms with Crippen LogP contribution in [0.1, 0.15) is 62.4 Å². The Hall–Kier alpha value is -4.92. The Kier molecular flexibility index (Phi) is 13.8. The van der Waals surface area contributed by atoms with Crippen LogP contribution in [0.15, 0.2) is 48.7 Å². The Labute approximate surface area is 321 Å². The summed E-state index contributed by atoms with van der Waals surface area (Å²) in [5, 5.41) is 14.9. The van der Waals surface area contributed by atoms with Gasteiger partial charge in [-0.2, -0.15) is 5.10 Å². The maximum atomic E-state index is 15.1. The molecular formula is C41H53FN8O5. The van der Waals surface area contributed by atoms with E-state index in [1.807, 2.05) is 53.9 Å². The molecule has 55 heavy (non-hydrogen) atoms. The second kappa shape index (κ2) is 19.1. The second-order valence-corrected chi connectivity index (χ2v) is 14.2. The summed E-state index contributed by atoms with van der Waals surface area (Å²) < 4.78 is 28.0. The van der Waals surface area contributed by atoms with E-state index in [4.69, 9.17) is 14.5 Å². The first-order valence-electron chi connectivity index (χ1n) is 19.4. The van der Waals surface area contributed by atoms with Gasteiger partial charge >= 0.3 is 0 Å². The number of hydrogen-bond donors (Lipinski definition) is 3. The normalized spacial score (nSPS) is 15.5. The summed E-state index contributed by atoms with van der Waals surface area (Å²) in [5.41, 5.74) is 6.53. The number of hydrogen-bond acceptors (Lipinski definition) is 9. The number of aromatic nitrogens is 3. The number of nitrogens with one attached hydrogen (secondary N) is 3. The first kappa shape index (κ1) is 39.8. The number of rotatable bonds is 15. The summed E-state index contributed by atoms with van der Waals surface area (Å²) in [6.07, 6.45) is 5.19. The molecule has 2 aliphatic heterocycles. The molecule has 2 aliphatic rings. The fourth-order valence-electron chi connectivity index (χ4n) is 7.27. The lowest BCUT2D eigenvalue weighted by Crippen LogP contribution is -2.33. The van der Waals surface area contributed by atoms with E-state index in [-0.39, 0.29) is 55.9 Å². The third-order valence-electron chi connectivity index (χ3n) is 10.3. The number of pyridine rings is 1. The Bertz CT molecular complexity index is 1960. The summed E-state index contributed by atoms with van der Waals surface area (Å²) in [7, 11) is 0. The minimum absolute atomic E-state index is 0.101. The zero-order valence-corrected chi connectivity index (χ0v) is 32.2. The quantitative estimate of drug-likeness (QED) is 0.161. The maximum absolute atomic E-state index is 15.1. The van der Waals surface area contributed by atoms with Crippen LogP contribution in [0.25, 0.3) is 22.2 Å². The molecular weight excluding hydrogens is 703 g/mol. The van der Waals surface area contributed by atoms with Gasteiger partial charge in [0.1, 0.15) is 19.0 Å². The molecule has 3 N–H and O–H groups in total. The minimum atomic E-state index is -0.389. The van der Waals surface area contributed by atoms with Gasteiger partial charge in [-0.1, -0.05) is 31.2 Å². The number of benzene rings is 2. The molecule has 2 aromatic carbocycles. The summed E-state index contributed by atoms with van der Waals surface area (Å²) in [5.74, 6) is -0.988.